The minimum Gasteiger partial charge on any atom is -0.423 e. The van der Waals surface area contributed by atoms with Crippen LogP contribution in [-0.2, 0) is 10.1 Å². The third-order valence-corrected chi connectivity index (χ3v) is 1.92. The maximum Gasteiger partial charge on any atom is 0.492 e. The van der Waals surface area contributed by atoms with E-state index in [1.165, 1.54) is 18.2 Å². The van der Waals surface area contributed by atoms with E-state index in [1.807, 2.05) is 0 Å². The third-order valence-electron chi connectivity index (χ3n) is 1.44. The van der Waals surface area contributed by atoms with Gasteiger partial charge in [0.05, 0.1) is 6.26 Å². The van der Waals surface area contributed by atoms with Crippen LogP contribution in [0.25, 0.3) is 0 Å². The molecule has 0 heterocycles. The van der Waals surface area contributed by atoms with Crippen LogP contribution in [0.1, 0.15) is 0 Å². The molecule has 0 fully saturated rings. The van der Waals surface area contributed by atoms with Crippen LogP contribution in [0.5, 0.6) is 5.75 Å². The van der Waals surface area contributed by atoms with Gasteiger partial charge in [-0.3, -0.25) is 0 Å². The van der Waals surface area contributed by atoms with E-state index < -0.39 is 17.2 Å². The highest BCUT2D eigenvalue weighted by molar-refractivity contribution is 7.86. The molecule has 0 atom stereocenters. The molecule has 0 radical (unpaired) electrons. The van der Waals surface area contributed by atoms with Crippen molar-refractivity contribution in [1.82, 2.24) is 0 Å². The molecule has 0 aliphatic carbocycles. The first-order valence-electron chi connectivity index (χ1n) is 3.74. The van der Waals surface area contributed by atoms with Crippen LogP contribution >= 0.6 is 0 Å². The van der Waals surface area contributed by atoms with Gasteiger partial charge in [0.25, 0.3) is 0 Å². The summed E-state index contributed by atoms with van der Waals surface area (Å²) in [6, 6.07) is 5.79. The molecule has 1 aromatic rings. The molecule has 0 aromatic heterocycles. The molecule has 2 N–H and O–H groups in total. The summed E-state index contributed by atoms with van der Waals surface area (Å²) < 4.78 is 26.1. The summed E-state index contributed by atoms with van der Waals surface area (Å²) in [5, 5.41) is 17.8. The summed E-state index contributed by atoms with van der Waals surface area (Å²) >= 11 is 0. The van der Waals surface area contributed by atoms with Crippen LogP contribution in [0.15, 0.2) is 24.3 Å². The normalized spacial score (nSPS) is 11.1. The quantitative estimate of drug-likeness (QED) is 0.484. The lowest BCUT2D eigenvalue weighted by atomic mass is 9.80. The molecule has 76 valence electrons. The Morgan fingerprint density at radius 1 is 1.29 bits per heavy atom. The summed E-state index contributed by atoms with van der Waals surface area (Å²) in [6.45, 7) is 0. The maximum absolute atomic E-state index is 10.8. The average molecular weight is 216 g/mol. The second kappa shape index (κ2) is 3.99. The summed E-state index contributed by atoms with van der Waals surface area (Å²) in [6.07, 6.45) is 0.882. The first kappa shape index (κ1) is 11.0. The van der Waals surface area contributed by atoms with E-state index in [-0.39, 0.29) is 11.2 Å². The molecule has 0 saturated carbocycles. The molecule has 7 heteroatoms. The first-order valence-corrected chi connectivity index (χ1v) is 5.56. The van der Waals surface area contributed by atoms with Gasteiger partial charge in [0.2, 0.25) is 0 Å². The molecule has 0 amide bonds. The van der Waals surface area contributed by atoms with E-state index in [1.54, 1.807) is 6.07 Å². The van der Waals surface area contributed by atoms with E-state index in [0.29, 0.717) is 0 Å². The van der Waals surface area contributed by atoms with Gasteiger partial charge in [-0.2, -0.15) is 8.42 Å². The average Bonchev–Trinajstić information content (AvgIpc) is 2.01. The Morgan fingerprint density at radius 2 is 1.86 bits per heavy atom. The van der Waals surface area contributed by atoms with Crippen molar-refractivity contribution >= 4 is 22.7 Å². The highest BCUT2D eigenvalue weighted by Gasteiger charge is 2.18. The van der Waals surface area contributed by atoms with Gasteiger partial charge in [-0.15, -0.1) is 0 Å². The highest BCUT2D eigenvalue weighted by atomic mass is 32.2. The zero-order chi connectivity index (χ0) is 10.8. The molecule has 0 spiro atoms. The van der Waals surface area contributed by atoms with Crippen molar-refractivity contribution in [3.05, 3.63) is 24.3 Å². The number of rotatable bonds is 3. The standard InChI is InChI=1S/C7H9BO5S/c1-14(11,12)13-7-5-3-2-4-6(7)8(9)10/h2-5,9-10H,1H3. The Hall–Kier alpha value is -1.05. The fourth-order valence-electron chi connectivity index (χ4n) is 0.933. The molecule has 1 rings (SSSR count). The topological polar surface area (TPSA) is 83.8 Å². The largest absolute Gasteiger partial charge is 0.492 e. The lowest BCUT2D eigenvalue weighted by molar-refractivity contribution is 0.423. The maximum atomic E-state index is 10.8. The van der Waals surface area contributed by atoms with E-state index in [9.17, 15) is 8.42 Å². The summed E-state index contributed by atoms with van der Waals surface area (Å²) in [4.78, 5) is 0. The molecule has 0 saturated heterocycles. The Kier molecular flexibility index (Phi) is 3.15. The van der Waals surface area contributed by atoms with E-state index in [2.05, 4.69) is 4.18 Å². The Bertz CT molecular complexity index is 414. The summed E-state index contributed by atoms with van der Waals surface area (Å²) in [7, 11) is -5.41. The Balaban J connectivity index is 3.08. The van der Waals surface area contributed by atoms with Gasteiger partial charge in [0.15, 0.2) is 0 Å². The number of hydrogen-bond donors (Lipinski definition) is 2. The smallest absolute Gasteiger partial charge is 0.423 e. The summed E-state index contributed by atoms with van der Waals surface area (Å²) in [5.74, 6) is -0.0787. The predicted molar refractivity (Wildman–Crippen MR) is 51.7 cm³/mol. The van der Waals surface area contributed by atoms with Crippen LogP contribution in [0, 0.1) is 0 Å². The molecule has 0 unspecified atom stereocenters. The molecular weight excluding hydrogens is 207 g/mol. The molecule has 1 aromatic carbocycles. The third kappa shape index (κ3) is 3.02. The predicted octanol–water partition coefficient (Wildman–Crippen LogP) is -1.30. The molecule has 0 aliphatic rings. The van der Waals surface area contributed by atoms with Crippen LogP contribution in [0.4, 0.5) is 0 Å². The van der Waals surface area contributed by atoms with Gasteiger partial charge in [0, 0.05) is 5.46 Å². The van der Waals surface area contributed by atoms with Crippen molar-refractivity contribution in [3.63, 3.8) is 0 Å². The van der Waals surface area contributed by atoms with Crippen molar-refractivity contribution in [2.24, 2.45) is 0 Å². The van der Waals surface area contributed by atoms with Crippen LogP contribution in [0.3, 0.4) is 0 Å². The van der Waals surface area contributed by atoms with Crippen molar-refractivity contribution in [1.29, 1.82) is 0 Å². The zero-order valence-corrected chi connectivity index (χ0v) is 8.23. The van der Waals surface area contributed by atoms with Gasteiger partial charge in [-0.05, 0) is 6.07 Å². The minimum atomic E-state index is -3.66. The van der Waals surface area contributed by atoms with E-state index in [4.69, 9.17) is 10.0 Å². The van der Waals surface area contributed by atoms with Crippen LogP contribution < -0.4 is 9.65 Å². The van der Waals surface area contributed by atoms with Crippen molar-refractivity contribution < 1.29 is 22.6 Å². The number of para-hydroxylation sites is 1. The zero-order valence-electron chi connectivity index (χ0n) is 7.41. The van der Waals surface area contributed by atoms with Gasteiger partial charge in [-0.1, -0.05) is 18.2 Å². The lowest BCUT2D eigenvalue weighted by Gasteiger charge is -2.07. The van der Waals surface area contributed by atoms with Crippen LogP contribution in [-0.4, -0.2) is 31.8 Å². The molecule has 0 bridgehead atoms. The fraction of sp³-hybridized carbons (Fsp3) is 0.143. The van der Waals surface area contributed by atoms with Crippen molar-refractivity contribution in [2.75, 3.05) is 6.26 Å². The minimum absolute atomic E-state index is 0.0120. The second-order valence-corrected chi connectivity index (χ2v) is 4.27. The van der Waals surface area contributed by atoms with Gasteiger partial charge < -0.3 is 14.2 Å². The Morgan fingerprint density at radius 3 is 2.36 bits per heavy atom. The lowest BCUT2D eigenvalue weighted by Crippen LogP contribution is -2.31. The van der Waals surface area contributed by atoms with Crippen LogP contribution in [0.2, 0.25) is 0 Å². The SMILES string of the molecule is CS(=O)(=O)Oc1ccccc1B(O)O. The summed E-state index contributed by atoms with van der Waals surface area (Å²) in [5.41, 5.74) is 0.0120. The molecule has 14 heavy (non-hydrogen) atoms. The fourth-order valence-corrected chi connectivity index (χ4v) is 1.41. The Labute approximate surface area is 82.2 Å². The number of hydrogen-bond acceptors (Lipinski definition) is 5. The van der Waals surface area contributed by atoms with Gasteiger partial charge >= 0.3 is 17.2 Å². The van der Waals surface area contributed by atoms with Crippen molar-refractivity contribution in [3.8, 4) is 5.75 Å². The first-order chi connectivity index (χ1) is 6.40. The second-order valence-electron chi connectivity index (χ2n) is 2.70. The van der Waals surface area contributed by atoms with Gasteiger partial charge in [-0.25, -0.2) is 0 Å². The number of benzene rings is 1. The van der Waals surface area contributed by atoms with E-state index in [0.717, 1.165) is 6.26 Å². The van der Waals surface area contributed by atoms with E-state index >= 15 is 0 Å². The molecule has 5 nitrogen and oxygen atoms in total. The molecule has 0 aliphatic heterocycles. The molecular formula is C7H9BO5S. The van der Waals surface area contributed by atoms with Gasteiger partial charge in [0.1, 0.15) is 5.75 Å². The highest BCUT2D eigenvalue weighted by Crippen LogP contribution is 2.09. The monoisotopic (exact) mass is 216 g/mol. The van der Waals surface area contributed by atoms with Crippen molar-refractivity contribution in [2.45, 2.75) is 0 Å².